The van der Waals surface area contributed by atoms with E-state index >= 15 is 0 Å². The van der Waals surface area contributed by atoms with E-state index in [1.165, 1.54) is 6.07 Å². The predicted molar refractivity (Wildman–Crippen MR) is 149 cm³/mol. The lowest BCUT2D eigenvalue weighted by molar-refractivity contribution is 0.318. The van der Waals surface area contributed by atoms with Crippen LogP contribution in [0, 0.1) is 5.41 Å². The molecule has 1 aliphatic heterocycles. The SMILES string of the molecule is CCO[P+]1(O)N=C(c2c(O)c(C3CCCC3)n(CCC(C)(C)C)c2O)Nc2ccc(NS(C)(=O)=O)cc21. The number of rotatable bonds is 8. The van der Waals surface area contributed by atoms with Gasteiger partial charge in [0, 0.05) is 18.5 Å². The van der Waals surface area contributed by atoms with E-state index in [-0.39, 0.29) is 46.7 Å². The van der Waals surface area contributed by atoms with Gasteiger partial charge in [-0.2, -0.15) is 9.42 Å². The van der Waals surface area contributed by atoms with Crippen LogP contribution in [0.3, 0.4) is 0 Å². The molecule has 0 amide bonds. The molecule has 1 aromatic heterocycles. The molecule has 37 heavy (non-hydrogen) atoms. The number of hydrogen-bond acceptors (Lipinski definition) is 8. The van der Waals surface area contributed by atoms with Gasteiger partial charge in [0.15, 0.2) is 11.6 Å². The van der Waals surface area contributed by atoms with Crippen molar-refractivity contribution in [3.63, 3.8) is 0 Å². The molecule has 4 rings (SSSR count). The highest BCUT2D eigenvalue weighted by atomic mass is 32.2. The second kappa shape index (κ2) is 10.1. The van der Waals surface area contributed by atoms with E-state index in [4.69, 9.17) is 4.52 Å². The first kappa shape index (κ1) is 27.7. The van der Waals surface area contributed by atoms with Gasteiger partial charge >= 0.3 is 7.87 Å². The predicted octanol–water partition coefficient (Wildman–Crippen LogP) is 4.65. The van der Waals surface area contributed by atoms with Crippen molar-refractivity contribution >= 4 is 40.4 Å². The van der Waals surface area contributed by atoms with Gasteiger partial charge < -0.3 is 20.1 Å². The Bertz CT molecular complexity index is 1310. The second-order valence-corrected chi connectivity index (χ2v) is 14.8. The Morgan fingerprint density at radius 2 is 1.92 bits per heavy atom. The fourth-order valence-electron chi connectivity index (χ4n) is 5.00. The van der Waals surface area contributed by atoms with Crippen molar-refractivity contribution in [1.29, 1.82) is 0 Å². The van der Waals surface area contributed by atoms with Crippen LogP contribution in [-0.4, -0.2) is 46.8 Å². The molecule has 1 aromatic carbocycles. The minimum absolute atomic E-state index is 0.0252. The van der Waals surface area contributed by atoms with Gasteiger partial charge in [-0.1, -0.05) is 33.6 Å². The van der Waals surface area contributed by atoms with E-state index < -0.39 is 17.9 Å². The normalized spacial score (nSPS) is 20.4. The molecular formula is C25H38N4O6PS+. The molecule has 10 nitrogen and oxygen atoms in total. The topological polar surface area (TPSA) is 145 Å². The lowest BCUT2D eigenvalue weighted by Gasteiger charge is -2.23. The van der Waals surface area contributed by atoms with E-state index in [0.717, 1.165) is 38.4 Å². The summed E-state index contributed by atoms with van der Waals surface area (Å²) in [4.78, 5) is 11.6. The minimum Gasteiger partial charge on any atom is -0.505 e. The third-order valence-electron chi connectivity index (χ3n) is 6.73. The number of nitrogens with one attached hydrogen (secondary N) is 2. The van der Waals surface area contributed by atoms with E-state index in [0.29, 0.717) is 23.2 Å². The first-order valence-electron chi connectivity index (χ1n) is 12.6. The zero-order valence-corrected chi connectivity index (χ0v) is 23.8. The van der Waals surface area contributed by atoms with Gasteiger partial charge in [-0.3, -0.25) is 4.72 Å². The molecule has 1 unspecified atom stereocenters. The van der Waals surface area contributed by atoms with Crippen LogP contribution in [-0.2, 0) is 21.1 Å². The Hall–Kier alpha value is -2.33. The van der Waals surface area contributed by atoms with Crippen LogP contribution in [0.1, 0.15) is 77.0 Å². The molecule has 12 heteroatoms. The number of benzene rings is 1. The number of hydrogen-bond donors (Lipinski definition) is 5. The van der Waals surface area contributed by atoms with Crippen molar-refractivity contribution in [3.8, 4) is 11.6 Å². The fraction of sp³-hybridized carbons (Fsp3) is 0.560. The average molecular weight is 554 g/mol. The summed E-state index contributed by atoms with van der Waals surface area (Å²) in [5.41, 5.74) is 1.59. The molecule has 0 saturated heterocycles. The van der Waals surface area contributed by atoms with Crippen molar-refractivity contribution in [2.45, 2.75) is 72.3 Å². The van der Waals surface area contributed by atoms with E-state index in [1.807, 2.05) is 0 Å². The number of anilines is 2. The number of fused-ring (bicyclic) bond motifs is 1. The number of sulfonamides is 1. The third-order valence-corrected chi connectivity index (χ3v) is 9.42. The van der Waals surface area contributed by atoms with Crippen LogP contribution >= 0.6 is 7.87 Å². The Morgan fingerprint density at radius 3 is 2.51 bits per heavy atom. The molecule has 1 aliphatic carbocycles. The summed E-state index contributed by atoms with van der Waals surface area (Å²) in [6, 6.07) is 4.67. The average Bonchev–Trinajstić information content (AvgIpc) is 3.37. The van der Waals surface area contributed by atoms with Gasteiger partial charge in [0.1, 0.15) is 5.56 Å². The lowest BCUT2D eigenvalue weighted by atomic mass is 9.92. The van der Waals surface area contributed by atoms with Gasteiger partial charge in [0.25, 0.3) is 0 Å². The lowest BCUT2D eigenvalue weighted by Crippen LogP contribution is -2.28. The molecule has 0 radical (unpaired) electrons. The van der Waals surface area contributed by atoms with Crippen molar-refractivity contribution < 1.29 is 28.0 Å². The summed E-state index contributed by atoms with van der Waals surface area (Å²) < 4.78 is 37.9. The number of aromatic nitrogens is 1. The highest BCUT2D eigenvalue weighted by molar-refractivity contribution is 7.92. The highest BCUT2D eigenvalue weighted by Gasteiger charge is 2.49. The number of aromatic hydroxyl groups is 2. The molecule has 2 aromatic rings. The summed E-state index contributed by atoms with van der Waals surface area (Å²) in [6.45, 7) is 8.81. The van der Waals surface area contributed by atoms with Gasteiger partial charge in [-0.25, -0.2) is 8.42 Å². The van der Waals surface area contributed by atoms with Crippen LogP contribution in [0.4, 0.5) is 11.4 Å². The van der Waals surface area contributed by atoms with Crippen molar-refractivity contribution in [2.75, 3.05) is 22.9 Å². The monoisotopic (exact) mass is 553 g/mol. The zero-order chi connectivity index (χ0) is 27.2. The molecule has 2 aliphatic rings. The fourth-order valence-corrected chi connectivity index (χ4v) is 7.40. The Balaban J connectivity index is 1.82. The van der Waals surface area contributed by atoms with Crippen molar-refractivity contribution in [2.24, 2.45) is 10.2 Å². The second-order valence-electron chi connectivity index (χ2n) is 11.0. The van der Waals surface area contributed by atoms with Crippen LogP contribution < -0.4 is 15.3 Å². The Kier molecular flexibility index (Phi) is 7.56. The van der Waals surface area contributed by atoms with Crippen LogP contribution in [0.2, 0.25) is 0 Å². The van der Waals surface area contributed by atoms with Crippen LogP contribution in [0.15, 0.2) is 23.0 Å². The smallest absolute Gasteiger partial charge is 0.432 e. The Morgan fingerprint density at radius 1 is 1.24 bits per heavy atom. The van der Waals surface area contributed by atoms with E-state index in [1.54, 1.807) is 23.6 Å². The standard InChI is InChI=1S/C25H37N4O6PS/c1-6-35-36(32)19-15-17(28-37(5,33)34)11-12-18(19)26-23(27-36)20-22(30)21(16-9-7-8-10-16)29(24(20)31)14-13-25(2,3)4/h11-12,15-16,28,32H,6-10,13-14H2,1-5H3,(H2-,26,27,30,31)/p+1. The molecule has 1 fully saturated rings. The van der Waals surface area contributed by atoms with Gasteiger partial charge in [-0.05, 0) is 48.5 Å². The van der Waals surface area contributed by atoms with Crippen LogP contribution in [0.5, 0.6) is 11.6 Å². The maximum atomic E-state index is 11.7. The van der Waals surface area contributed by atoms with Gasteiger partial charge in [0.2, 0.25) is 21.2 Å². The van der Waals surface area contributed by atoms with E-state index in [9.17, 15) is 23.5 Å². The zero-order valence-electron chi connectivity index (χ0n) is 22.1. The molecule has 204 valence electrons. The quantitative estimate of drug-likeness (QED) is 0.299. The maximum absolute atomic E-state index is 11.7. The molecule has 1 atom stereocenters. The molecular weight excluding hydrogens is 515 g/mol. The summed E-state index contributed by atoms with van der Waals surface area (Å²) in [7, 11) is -7.15. The highest BCUT2D eigenvalue weighted by Crippen LogP contribution is 2.60. The summed E-state index contributed by atoms with van der Waals surface area (Å²) >= 11 is 0. The molecule has 5 N–H and O–H groups in total. The maximum Gasteiger partial charge on any atom is 0.432 e. The molecule has 1 saturated carbocycles. The summed E-state index contributed by atoms with van der Waals surface area (Å²) in [5.74, 6) is 0.105. The first-order chi connectivity index (χ1) is 17.2. The van der Waals surface area contributed by atoms with E-state index in [2.05, 4.69) is 35.6 Å². The molecule has 0 bridgehead atoms. The first-order valence-corrected chi connectivity index (χ1v) is 16.1. The summed E-state index contributed by atoms with van der Waals surface area (Å²) in [6.07, 6.45) is 5.83. The Labute approximate surface area is 219 Å². The van der Waals surface area contributed by atoms with Gasteiger partial charge in [-0.15, -0.1) is 0 Å². The number of amidine groups is 1. The minimum atomic E-state index is -3.62. The van der Waals surface area contributed by atoms with Crippen LogP contribution in [0.25, 0.3) is 0 Å². The van der Waals surface area contributed by atoms with Gasteiger partial charge in [0.05, 0.1) is 29.9 Å². The number of nitrogens with zero attached hydrogens (tertiary/aromatic N) is 2. The van der Waals surface area contributed by atoms with Crippen molar-refractivity contribution in [1.82, 2.24) is 4.57 Å². The summed E-state index contributed by atoms with van der Waals surface area (Å²) in [5, 5.41) is 26.3. The molecule has 0 spiro atoms. The molecule has 2 heterocycles. The largest absolute Gasteiger partial charge is 0.505 e. The van der Waals surface area contributed by atoms with Crippen molar-refractivity contribution in [3.05, 3.63) is 29.5 Å². The third kappa shape index (κ3) is 5.90.